The van der Waals surface area contributed by atoms with E-state index in [1.165, 1.54) is 11.1 Å². The molecule has 0 radical (unpaired) electrons. The molecule has 1 unspecified atom stereocenters. The normalized spacial score (nSPS) is 13.1. The second kappa shape index (κ2) is 7.14. The van der Waals surface area contributed by atoms with Gasteiger partial charge in [-0.3, -0.25) is 0 Å². The molecular formula is C18H24N6O. The fourth-order valence-corrected chi connectivity index (χ4v) is 2.44. The molecule has 2 heterocycles. The van der Waals surface area contributed by atoms with Gasteiger partial charge in [0.05, 0.1) is 12.6 Å². The zero-order valence-electron chi connectivity index (χ0n) is 15.1. The lowest BCUT2D eigenvalue weighted by molar-refractivity contribution is 0.330. The van der Waals surface area contributed by atoms with Gasteiger partial charge in [-0.2, -0.15) is 10.1 Å². The van der Waals surface area contributed by atoms with Crippen LogP contribution in [0.4, 0.5) is 0 Å². The lowest BCUT2D eigenvalue weighted by Crippen LogP contribution is -2.20. The van der Waals surface area contributed by atoms with Crippen molar-refractivity contribution in [2.45, 2.75) is 52.2 Å². The number of hydrogen-bond acceptors (Lipinski definition) is 6. The van der Waals surface area contributed by atoms with Gasteiger partial charge in [0.15, 0.2) is 5.82 Å². The molecule has 7 heteroatoms. The molecule has 0 spiro atoms. The Morgan fingerprint density at radius 2 is 1.96 bits per heavy atom. The molecule has 1 atom stereocenters. The molecule has 0 fully saturated rings. The van der Waals surface area contributed by atoms with Crippen LogP contribution in [0.15, 0.2) is 41.4 Å². The molecule has 7 nitrogen and oxygen atoms in total. The molecule has 3 aromatic rings. The molecule has 0 aliphatic heterocycles. The number of rotatable bonds is 6. The van der Waals surface area contributed by atoms with E-state index in [1.807, 2.05) is 23.7 Å². The predicted molar refractivity (Wildman–Crippen MR) is 93.8 cm³/mol. The van der Waals surface area contributed by atoms with Gasteiger partial charge in [-0.25, -0.2) is 9.67 Å². The van der Waals surface area contributed by atoms with Gasteiger partial charge in [0.1, 0.15) is 12.7 Å². The molecular weight excluding hydrogens is 316 g/mol. The predicted octanol–water partition coefficient (Wildman–Crippen LogP) is 2.86. The summed E-state index contributed by atoms with van der Waals surface area (Å²) in [5.74, 6) is 1.33. The first-order valence-electron chi connectivity index (χ1n) is 8.40. The van der Waals surface area contributed by atoms with Gasteiger partial charge in [-0.05, 0) is 18.1 Å². The van der Waals surface area contributed by atoms with E-state index in [-0.39, 0.29) is 11.5 Å². The van der Waals surface area contributed by atoms with E-state index < -0.39 is 0 Å². The summed E-state index contributed by atoms with van der Waals surface area (Å²) >= 11 is 0. The number of nitrogens with zero attached hydrogens (tertiary/aromatic N) is 5. The van der Waals surface area contributed by atoms with Gasteiger partial charge in [0.25, 0.3) is 0 Å². The van der Waals surface area contributed by atoms with Crippen LogP contribution in [0, 0.1) is 0 Å². The Morgan fingerprint density at radius 1 is 1.20 bits per heavy atom. The summed E-state index contributed by atoms with van der Waals surface area (Å²) < 4.78 is 7.23. The summed E-state index contributed by atoms with van der Waals surface area (Å²) in [5, 5.41) is 11.7. The molecule has 1 N–H and O–H groups in total. The van der Waals surface area contributed by atoms with Crippen molar-refractivity contribution >= 4 is 0 Å². The summed E-state index contributed by atoms with van der Waals surface area (Å²) in [6.07, 6.45) is 3.27. The minimum Gasteiger partial charge on any atom is -0.338 e. The third-order valence-electron chi connectivity index (χ3n) is 4.00. The summed E-state index contributed by atoms with van der Waals surface area (Å²) in [5.41, 5.74) is 2.29. The molecule has 0 amide bonds. The third kappa shape index (κ3) is 4.30. The summed E-state index contributed by atoms with van der Waals surface area (Å²) in [6.45, 7) is 9.64. The van der Waals surface area contributed by atoms with Gasteiger partial charge < -0.3 is 9.84 Å². The number of hydrogen-bond donors (Lipinski definition) is 1. The molecule has 0 aliphatic carbocycles. The fourth-order valence-electron chi connectivity index (χ4n) is 2.44. The van der Waals surface area contributed by atoms with Crippen molar-refractivity contribution in [3.63, 3.8) is 0 Å². The van der Waals surface area contributed by atoms with Crippen LogP contribution in [0.5, 0.6) is 0 Å². The Bertz CT molecular complexity index is 803. The van der Waals surface area contributed by atoms with Crippen LogP contribution in [0.3, 0.4) is 0 Å². The zero-order valence-corrected chi connectivity index (χ0v) is 15.1. The molecule has 1 aromatic carbocycles. The van der Waals surface area contributed by atoms with Gasteiger partial charge in [0, 0.05) is 12.0 Å². The minimum absolute atomic E-state index is 0.0250. The lowest BCUT2D eigenvalue weighted by Gasteiger charge is -2.14. The van der Waals surface area contributed by atoms with Crippen molar-refractivity contribution in [1.29, 1.82) is 0 Å². The molecule has 132 valence electrons. The first-order valence-corrected chi connectivity index (χ1v) is 8.40. The van der Waals surface area contributed by atoms with E-state index in [4.69, 9.17) is 4.52 Å². The van der Waals surface area contributed by atoms with E-state index in [0.29, 0.717) is 19.0 Å². The molecule has 25 heavy (non-hydrogen) atoms. The topological polar surface area (TPSA) is 81.7 Å². The average molecular weight is 340 g/mol. The van der Waals surface area contributed by atoms with Gasteiger partial charge >= 0.3 is 0 Å². The van der Waals surface area contributed by atoms with E-state index in [2.05, 4.69) is 58.4 Å². The highest BCUT2D eigenvalue weighted by Gasteiger charge is 2.23. The average Bonchev–Trinajstić information content (AvgIpc) is 3.25. The standard InChI is InChI=1S/C18H24N6O/c1-13(16-22-17(23-25-16)18(2,3)4)20-9-14-7-5-6-8-15(14)10-24-12-19-11-21-24/h5-8,11-13,20H,9-10H2,1-4H3. The number of aromatic nitrogens is 5. The lowest BCUT2D eigenvalue weighted by atomic mass is 9.96. The third-order valence-corrected chi connectivity index (χ3v) is 4.00. The van der Waals surface area contributed by atoms with Crippen LogP contribution in [-0.2, 0) is 18.5 Å². The van der Waals surface area contributed by atoms with Crippen molar-refractivity contribution in [1.82, 2.24) is 30.2 Å². The summed E-state index contributed by atoms with van der Waals surface area (Å²) in [7, 11) is 0. The SMILES string of the molecule is CC(NCc1ccccc1Cn1cncn1)c1nc(C(C)(C)C)no1. The maximum Gasteiger partial charge on any atom is 0.243 e. The molecule has 0 saturated heterocycles. The summed E-state index contributed by atoms with van der Waals surface area (Å²) in [6, 6.07) is 8.26. The maximum absolute atomic E-state index is 5.41. The molecule has 3 rings (SSSR count). The Hall–Kier alpha value is -2.54. The second-order valence-corrected chi connectivity index (χ2v) is 7.17. The van der Waals surface area contributed by atoms with Crippen LogP contribution < -0.4 is 5.32 Å². The molecule has 2 aromatic heterocycles. The highest BCUT2D eigenvalue weighted by atomic mass is 16.5. The Labute approximate surface area is 147 Å². The van der Waals surface area contributed by atoms with Crippen molar-refractivity contribution in [3.05, 3.63) is 59.8 Å². The Kier molecular flexibility index (Phi) is 4.94. The largest absolute Gasteiger partial charge is 0.338 e. The molecule has 0 saturated carbocycles. The van der Waals surface area contributed by atoms with Gasteiger partial charge in [-0.15, -0.1) is 0 Å². The van der Waals surface area contributed by atoms with Crippen molar-refractivity contribution in [2.24, 2.45) is 0 Å². The van der Waals surface area contributed by atoms with Gasteiger partial charge in [0.2, 0.25) is 5.89 Å². The first kappa shape index (κ1) is 17.3. The van der Waals surface area contributed by atoms with Crippen LogP contribution >= 0.6 is 0 Å². The van der Waals surface area contributed by atoms with E-state index in [9.17, 15) is 0 Å². The van der Waals surface area contributed by atoms with Crippen LogP contribution in [0.1, 0.15) is 56.6 Å². The summed E-state index contributed by atoms with van der Waals surface area (Å²) in [4.78, 5) is 8.51. The monoisotopic (exact) mass is 340 g/mol. The molecule has 0 aliphatic rings. The van der Waals surface area contributed by atoms with Crippen molar-refractivity contribution in [3.8, 4) is 0 Å². The van der Waals surface area contributed by atoms with Crippen LogP contribution in [0.2, 0.25) is 0 Å². The Morgan fingerprint density at radius 3 is 2.60 bits per heavy atom. The maximum atomic E-state index is 5.41. The highest BCUT2D eigenvalue weighted by molar-refractivity contribution is 5.27. The zero-order chi connectivity index (χ0) is 17.9. The minimum atomic E-state index is -0.119. The quantitative estimate of drug-likeness (QED) is 0.743. The van der Waals surface area contributed by atoms with Gasteiger partial charge in [-0.1, -0.05) is 50.2 Å². The first-order chi connectivity index (χ1) is 11.9. The van der Waals surface area contributed by atoms with E-state index >= 15 is 0 Å². The van der Waals surface area contributed by atoms with Crippen LogP contribution in [0.25, 0.3) is 0 Å². The number of benzene rings is 1. The highest BCUT2D eigenvalue weighted by Crippen LogP contribution is 2.21. The van der Waals surface area contributed by atoms with E-state index in [0.717, 1.165) is 5.82 Å². The Balaban J connectivity index is 1.66. The second-order valence-electron chi connectivity index (χ2n) is 7.17. The van der Waals surface area contributed by atoms with E-state index in [1.54, 1.807) is 12.7 Å². The number of nitrogens with one attached hydrogen (secondary N) is 1. The fraction of sp³-hybridized carbons (Fsp3) is 0.444. The molecule has 0 bridgehead atoms. The van der Waals surface area contributed by atoms with Crippen molar-refractivity contribution < 1.29 is 4.52 Å². The smallest absolute Gasteiger partial charge is 0.243 e. The van der Waals surface area contributed by atoms with Crippen LogP contribution in [-0.4, -0.2) is 24.9 Å². The van der Waals surface area contributed by atoms with Crippen molar-refractivity contribution in [2.75, 3.05) is 0 Å².